The second kappa shape index (κ2) is 4.91. The van der Waals surface area contributed by atoms with Crippen LogP contribution in [0.2, 0.25) is 0 Å². The molecule has 0 unspecified atom stereocenters. The summed E-state index contributed by atoms with van der Waals surface area (Å²) in [6.45, 7) is 4.22. The van der Waals surface area contributed by atoms with Gasteiger partial charge in [0, 0.05) is 17.6 Å². The van der Waals surface area contributed by atoms with Gasteiger partial charge >= 0.3 is 5.97 Å². The number of rotatable bonds is 4. The molecule has 94 valence electrons. The van der Waals surface area contributed by atoms with Gasteiger partial charge in [-0.25, -0.2) is 4.79 Å². The van der Waals surface area contributed by atoms with E-state index in [4.69, 9.17) is 5.11 Å². The van der Waals surface area contributed by atoms with Crippen molar-refractivity contribution in [1.29, 1.82) is 0 Å². The highest BCUT2D eigenvalue weighted by Crippen LogP contribution is 2.14. The highest BCUT2D eigenvalue weighted by Gasteiger charge is 2.10. The third-order valence-corrected chi connectivity index (χ3v) is 2.78. The molecule has 0 fully saturated rings. The van der Waals surface area contributed by atoms with Crippen LogP contribution < -0.4 is 5.32 Å². The summed E-state index contributed by atoms with van der Waals surface area (Å²) in [6, 6.07) is 5.45. The minimum Gasteiger partial charge on any atom is -0.478 e. The number of carbonyl (C=O) groups is 1. The highest BCUT2D eigenvalue weighted by atomic mass is 16.4. The van der Waals surface area contributed by atoms with Crippen LogP contribution in [0.15, 0.2) is 24.4 Å². The molecule has 2 aromatic heterocycles. The Kier molecular flexibility index (Phi) is 3.32. The summed E-state index contributed by atoms with van der Waals surface area (Å²) in [7, 11) is 0. The molecule has 0 radical (unpaired) electrons. The van der Waals surface area contributed by atoms with E-state index in [0.29, 0.717) is 17.8 Å². The molecule has 2 rings (SSSR count). The van der Waals surface area contributed by atoms with E-state index in [1.54, 1.807) is 19.2 Å². The molecule has 0 aliphatic carbocycles. The predicted molar refractivity (Wildman–Crippen MR) is 68.8 cm³/mol. The number of nitrogens with one attached hydrogen (secondary N) is 2. The monoisotopic (exact) mass is 245 g/mol. The van der Waals surface area contributed by atoms with Crippen LogP contribution in [0.5, 0.6) is 0 Å². The molecule has 2 aromatic rings. The maximum atomic E-state index is 10.9. The number of pyridine rings is 1. The number of aromatic nitrogens is 2. The second-order valence-electron chi connectivity index (χ2n) is 4.13. The Labute approximate surface area is 105 Å². The Bertz CT molecular complexity index is 575. The zero-order valence-corrected chi connectivity index (χ0v) is 10.3. The van der Waals surface area contributed by atoms with Crippen LogP contribution in [0.4, 0.5) is 5.69 Å². The van der Waals surface area contributed by atoms with Crippen molar-refractivity contribution in [2.24, 2.45) is 0 Å². The number of carboxylic acids is 1. The topological polar surface area (TPSA) is 78.0 Å². The molecule has 0 aliphatic heterocycles. The number of carboxylic acid groups (broad SMARTS) is 1. The summed E-state index contributed by atoms with van der Waals surface area (Å²) >= 11 is 0. The molecular formula is C13H15N3O2. The molecule has 0 atom stereocenters. The minimum atomic E-state index is -0.910. The van der Waals surface area contributed by atoms with E-state index >= 15 is 0 Å². The van der Waals surface area contributed by atoms with Gasteiger partial charge in [0.05, 0.1) is 23.5 Å². The maximum Gasteiger partial charge on any atom is 0.337 e. The molecule has 5 nitrogen and oxygen atoms in total. The summed E-state index contributed by atoms with van der Waals surface area (Å²) in [4.78, 5) is 18.1. The Morgan fingerprint density at radius 1 is 1.50 bits per heavy atom. The lowest BCUT2D eigenvalue weighted by Gasteiger charge is -2.06. The first-order chi connectivity index (χ1) is 8.58. The number of anilines is 1. The summed E-state index contributed by atoms with van der Waals surface area (Å²) in [5.74, 6) is -0.910. The van der Waals surface area contributed by atoms with Gasteiger partial charge in [-0.15, -0.1) is 0 Å². The SMILES string of the molecule is Cc1ncccc1NCc1cc(C(=O)O)c(C)[nH]1. The molecule has 0 spiro atoms. The minimum absolute atomic E-state index is 0.315. The third kappa shape index (κ3) is 2.51. The van der Waals surface area contributed by atoms with Crippen molar-refractivity contribution in [3.05, 3.63) is 47.0 Å². The van der Waals surface area contributed by atoms with E-state index in [1.807, 2.05) is 19.1 Å². The van der Waals surface area contributed by atoms with Crippen LogP contribution in [0.3, 0.4) is 0 Å². The lowest BCUT2D eigenvalue weighted by Crippen LogP contribution is -2.02. The Balaban J connectivity index is 2.09. The first-order valence-electron chi connectivity index (χ1n) is 5.65. The molecule has 0 aliphatic rings. The summed E-state index contributed by atoms with van der Waals surface area (Å²) in [6.07, 6.45) is 1.74. The van der Waals surface area contributed by atoms with E-state index in [1.165, 1.54) is 0 Å². The van der Waals surface area contributed by atoms with Gasteiger partial charge in [-0.05, 0) is 32.0 Å². The Morgan fingerprint density at radius 3 is 2.89 bits per heavy atom. The first-order valence-corrected chi connectivity index (χ1v) is 5.65. The standard InChI is InChI=1S/C13H15N3O2/c1-8-11(13(17)18)6-10(16-8)7-15-12-4-3-5-14-9(12)2/h3-6,15-16H,7H2,1-2H3,(H,17,18). The number of H-pyrrole nitrogens is 1. The summed E-state index contributed by atoms with van der Waals surface area (Å²) in [5.41, 5.74) is 3.69. The molecule has 0 saturated heterocycles. The Hall–Kier alpha value is -2.30. The Morgan fingerprint density at radius 2 is 2.28 bits per heavy atom. The van der Waals surface area contributed by atoms with Crippen molar-refractivity contribution in [1.82, 2.24) is 9.97 Å². The lowest BCUT2D eigenvalue weighted by atomic mass is 10.2. The average Bonchev–Trinajstić information content (AvgIpc) is 2.70. The number of hydrogen-bond donors (Lipinski definition) is 3. The van der Waals surface area contributed by atoms with Crippen molar-refractivity contribution < 1.29 is 9.90 Å². The highest BCUT2D eigenvalue weighted by molar-refractivity contribution is 5.89. The zero-order valence-electron chi connectivity index (χ0n) is 10.3. The van der Waals surface area contributed by atoms with Crippen LogP contribution in [0, 0.1) is 13.8 Å². The van der Waals surface area contributed by atoms with Crippen LogP contribution in [0.25, 0.3) is 0 Å². The molecule has 0 aromatic carbocycles. The van der Waals surface area contributed by atoms with Gasteiger partial charge in [0.15, 0.2) is 0 Å². The summed E-state index contributed by atoms with van der Waals surface area (Å²) < 4.78 is 0. The number of aromatic amines is 1. The first kappa shape index (κ1) is 12.2. The van der Waals surface area contributed by atoms with Gasteiger partial charge in [-0.1, -0.05) is 0 Å². The molecule has 2 heterocycles. The van der Waals surface area contributed by atoms with Crippen LogP contribution in [0.1, 0.15) is 27.4 Å². The number of nitrogens with zero attached hydrogens (tertiary/aromatic N) is 1. The lowest BCUT2D eigenvalue weighted by molar-refractivity contribution is 0.0696. The fraction of sp³-hybridized carbons (Fsp3) is 0.231. The molecule has 0 bridgehead atoms. The molecule has 0 saturated carbocycles. The predicted octanol–water partition coefficient (Wildman–Crippen LogP) is 2.34. The zero-order chi connectivity index (χ0) is 13.1. The molecular weight excluding hydrogens is 230 g/mol. The van der Waals surface area contributed by atoms with Gasteiger partial charge in [0.2, 0.25) is 0 Å². The van der Waals surface area contributed by atoms with Crippen molar-refractivity contribution in [2.45, 2.75) is 20.4 Å². The van der Waals surface area contributed by atoms with Crippen LogP contribution in [-0.2, 0) is 6.54 Å². The quantitative estimate of drug-likeness (QED) is 0.772. The number of aryl methyl sites for hydroxylation is 2. The molecule has 3 N–H and O–H groups in total. The average molecular weight is 245 g/mol. The maximum absolute atomic E-state index is 10.9. The molecule has 5 heteroatoms. The second-order valence-corrected chi connectivity index (χ2v) is 4.13. The van der Waals surface area contributed by atoms with Crippen molar-refractivity contribution in [3.63, 3.8) is 0 Å². The number of aromatic carboxylic acids is 1. The van der Waals surface area contributed by atoms with Crippen molar-refractivity contribution in [3.8, 4) is 0 Å². The van der Waals surface area contributed by atoms with E-state index in [0.717, 1.165) is 17.1 Å². The largest absolute Gasteiger partial charge is 0.478 e. The van der Waals surface area contributed by atoms with Gasteiger partial charge in [-0.3, -0.25) is 4.98 Å². The molecule has 0 amide bonds. The smallest absolute Gasteiger partial charge is 0.337 e. The van der Waals surface area contributed by atoms with Crippen LogP contribution in [-0.4, -0.2) is 21.0 Å². The van der Waals surface area contributed by atoms with E-state index in [2.05, 4.69) is 15.3 Å². The van der Waals surface area contributed by atoms with Gasteiger partial charge in [0.25, 0.3) is 0 Å². The number of hydrogen-bond acceptors (Lipinski definition) is 3. The van der Waals surface area contributed by atoms with Gasteiger partial charge in [0.1, 0.15) is 0 Å². The van der Waals surface area contributed by atoms with Gasteiger partial charge < -0.3 is 15.4 Å². The third-order valence-electron chi connectivity index (χ3n) is 2.78. The van der Waals surface area contributed by atoms with E-state index in [9.17, 15) is 4.79 Å². The van der Waals surface area contributed by atoms with Gasteiger partial charge in [-0.2, -0.15) is 0 Å². The van der Waals surface area contributed by atoms with Crippen molar-refractivity contribution >= 4 is 11.7 Å². The van der Waals surface area contributed by atoms with Crippen molar-refractivity contribution in [2.75, 3.05) is 5.32 Å². The normalized spacial score (nSPS) is 10.3. The fourth-order valence-electron chi connectivity index (χ4n) is 1.81. The van der Waals surface area contributed by atoms with E-state index in [-0.39, 0.29) is 0 Å². The molecule has 18 heavy (non-hydrogen) atoms. The van der Waals surface area contributed by atoms with Crippen LogP contribution >= 0.6 is 0 Å². The fourth-order valence-corrected chi connectivity index (χ4v) is 1.81. The van der Waals surface area contributed by atoms with E-state index < -0.39 is 5.97 Å². The summed E-state index contributed by atoms with van der Waals surface area (Å²) in [5, 5.41) is 12.2.